The number of thiazole rings is 1. The van der Waals surface area contributed by atoms with Gasteiger partial charge in [0.2, 0.25) is 0 Å². The Bertz CT molecular complexity index is 902. The molecule has 0 saturated carbocycles. The number of amides is 1. The van der Waals surface area contributed by atoms with Crippen LogP contribution in [0.3, 0.4) is 0 Å². The van der Waals surface area contributed by atoms with Crippen LogP contribution < -0.4 is 10.9 Å². The second kappa shape index (κ2) is 6.31. The molecule has 0 aliphatic heterocycles. The maximum atomic E-state index is 12.4. The minimum Gasteiger partial charge on any atom is -0.387 e. The van der Waals surface area contributed by atoms with Crippen molar-refractivity contribution in [3.8, 4) is 0 Å². The lowest BCUT2D eigenvalue weighted by Crippen LogP contribution is -2.34. The summed E-state index contributed by atoms with van der Waals surface area (Å²) in [7, 11) is 0. The summed E-state index contributed by atoms with van der Waals surface area (Å²) in [6, 6.07) is 9.01. The van der Waals surface area contributed by atoms with E-state index in [1.165, 1.54) is 21.9 Å². The van der Waals surface area contributed by atoms with Crippen molar-refractivity contribution in [3.63, 3.8) is 0 Å². The van der Waals surface area contributed by atoms with E-state index in [1.54, 1.807) is 19.1 Å². The standard InChI is InChI=1S/C16H15N3O3S/c1-10-9-23-16-18-7-12(15(22)19(10)16)14(21)17-8-13(20)11-5-3-2-4-6-11/h2-7,9,13,20H,8H2,1H3,(H,17,21). The van der Waals surface area contributed by atoms with Gasteiger partial charge in [-0.3, -0.25) is 14.0 Å². The first-order valence-electron chi connectivity index (χ1n) is 7.05. The van der Waals surface area contributed by atoms with Crippen LogP contribution in [-0.4, -0.2) is 26.9 Å². The Labute approximate surface area is 136 Å². The summed E-state index contributed by atoms with van der Waals surface area (Å²) in [5.74, 6) is -0.544. The molecule has 0 aliphatic carbocycles. The number of aliphatic hydroxyl groups excluding tert-OH is 1. The number of nitrogens with zero attached hydrogens (tertiary/aromatic N) is 2. The fraction of sp³-hybridized carbons (Fsp3) is 0.188. The Morgan fingerprint density at radius 1 is 1.39 bits per heavy atom. The first kappa shape index (κ1) is 15.4. The zero-order valence-corrected chi connectivity index (χ0v) is 13.2. The van der Waals surface area contributed by atoms with E-state index < -0.39 is 17.6 Å². The van der Waals surface area contributed by atoms with Crippen LogP contribution in [0.15, 0.2) is 46.7 Å². The average molecular weight is 329 g/mol. The third-order valence-corrected chi connectivity index (χ3v) is 4.46. The van der Waals surface area contributed by atoms with Crippen molar-refractivity contribution in [1.29, 1.82) is 0 Å². The van der Waals surface area contributed by atoms with Crippen LogP contribution in [-0.2, 0) is 0 Å². The van der Waals surface area contributed by atoms with Crippen molar-refractivity contribution in [2.24, 2.45) is 0 Å². The Balaban J connectivity index is 1.77. The molecule has 2 aromatic heterocycles. The largest absolute Gasteiger partial charge is 0.387 e. The lowest BCUT2D eigenvalue weighted by atomic mass is 10.1. The Hall–Kier alpha value is -2.51. The van der Waals surface area contributed by atoms with E-state index in [4.69, 9.17) is 0 Å². The summed E-state index contributed by atoms with van der Waals surface area (Å²) < 4.78 is 1.41. The molecule has 0 bridgehead atoms. The first-order chi connectivity index (χ1) is 11.1. The van der Waals surface area contributed by atoms with Crippen molar-refractivity contribution >= 4 is 22.2 Å². The van der Waals surface area contributed by atoms with Crippen LogP contribution in [0.2, 0.25) is 0 Å². The Kier molecular flexibility index (Phi) is 4.22. The average Bonchev–Trinajstić information content (AvgIpc) is 2.95. The maximum absolute atomic E-state index is 12.4. The lowest BCUT2D eigenvalue weighted by Gasteiger charge is -2.12. The smallest absolute Gasteiger partial charge is 0.271 e. The molecule has 0 radical (unpaired) electrons. The van der Waals surface area contributed by atoms with Crippen LogP contribution in [0.4, 0.5) is 0 Å². The molecule has 3 aromatic rings. The van der Waals surface area contributed by atoms with Gasteiger partial charge in [-0.25, -0.2) is 4.98 Å². The van der Waals surface area contributed by atoms with Gasteiger partial charge >= 0.3 is 0 Å². The highest BCUT2D eigenvalue weighted by Gasteiger charge is 2.16. The minimum atomic E-state index is -0.831. The van der Waals surface area contributed by atoms with Crippen molar-refractivity contribution in [3.05, 3.63) is 69.1 Å². The number of hydrogen-bond donors (Lipinski definition) is 2. The second-order valence-corrected chi connectivity index (χ2v) is 5.95. The molecule has 0 saturated heterocycles. The van der Waals surface area contributed by atoms with Gasteiger partial charge in [0.05, 0.1) is 6.10 Å². The molecule has 1 atom stereocenters. The molecule has 1 amide bonds. The van der Waals surface area contributed by atoms with Crippen LogP contribution in [0.5, 0.6) is 0 Å². The quantitative estimate of drug-likeness (QED) is 0.760. The third kappa shape index (κ3) is 3.01. The molecule has 0 fully saturated rings. The molecule has 0 spiro atoms. The molecule has 1 aromatic carbocycles. The van der Waals surface area contributed by atoms with Gasteiger partial charge in [-0.2, -0.15) is 0 Å². The van der Waals surface area contributed by atoms with Gasteiger partial charge < -0.3 is 10.4 Å². The van der Waals surface area contributed by atoms with Gasteiger partial charge in [-0.05, 0) is 12.5 Å². The van der Waals surface area contributed by atoms with E-state index >= 15 is 0 Å². The lowest BCUT2D eigenvalue weighted by molar-refractivity contribution is 0.0914. The zero-order chi connectivity index (χ0) is 16.4. The molecule has 6 nitrogen and oxygen atoms in total. The summed E-state index contributed by atoms with van der Waals surface area (Å²) in [5.41, 5.74) is 0.998. The van der Waals surface area contributed by atoms with E-state index in [-0.39, 0.29) is 12.1 Å². The monoisotopic (exact) mass is 329 g/mol. The SMILES string of the molecule is Cc1csc2ncc(C(=O)NCC(O)c3ccccc3)c(=O)n12. The molecule has 7 heteroatoms. The molecule has 23 heavy (non-hydrogen) atoms. The molecule has 3 rings (SSSR count). The molecule has 1 unspecified atom stereocenters. The van der Waals surface area contributed by atoms with Crippen LogP contribution in [0.1, 0.15) is 27.7 Å². The second-order valence-electron chi connectivity index (χ2n) is 5.11. The minimum absolute atomic E-state index is 0.0214. The van der Waals surface area contributed by atoms with Crippen molar-refractivity contribution in [2.75, 3.05) is 6.54 Å². The number of rotatable bonds is 4. The van der Waals surface area contributed by atoms with E-state index in [1.807, 2.05) is 23.6 Å². The molecule has 118 valence electrons. The fourth-order valence-corrected chi connectivity index (χ4v) is 3.09. The summed E-state index contributed by atoms with van der Waals surface area (Å²) in [5, 5.41) is 14.4. The number of aliphatic hydroxyl groups is 1. The van der Waals surface area contributed by atoms with Gasteiger partial charge in [-0.1, -0.05) is 30.3 Å². The fourth-order valence-electron chi connectivity index (χ4n) is 2.26. The number of aryl methyl sites for hydroxylation is 1. The van der Waals surface area contributed by atoms with E-state index in [0.29, 0.717) is 10.5 Å². The van der Waals surface area contributed by atoms with Gasteiger partial charge in [0.25, 0.3) is 11.5 Å². The van der Waals surface area contributed by atoms with Gasteiger partial charge in [-0.15, -0.1) is 11.3 Å². The van der Waals surface area contributed by atoms with Crippen LogP contribution >= 0.6 is 11.3 Å². The van der Waals surface area contributed by atoms with E-state index in [2.05, 4.69) is 10.3 Å². The molecule has 0 aliphatic rings. The number of carbonyl (C=O) groups is 1. The van der Waals surface area contributed by atoms with Crippen molar-refractivity contribution in [2.45, 2.75) is 13.0 Å². The number of benzene rings is 1. The van der Waals surface area contributed by atoms with E-state index in [9.17, 15) is 14.7 Å². The summed E-state index contributed by atoms with van der Waals surface area (Å²) in [6.07, 6.45) is 0.445. The highest BCUT2D eigenvalue weighted by molar-refractivity contribution is 7.15. The van der Waals surface area contributed by atoms with Crippen LogP contribution in [0, 0.1) is 6.92 Å². The molecule has 2 heterocycles. The highest BCUT2D eigenvalue weighted by Crippen LogP contribution is 2.12. The number of carbonyl (C=O) groups excluding carboxylic acids is 1. The molecule has 2 N–H and O–H groups in total. The highest BCUT2D eigenvalue weighted by atomic mass is 32.1. The van der Waals surface area contributed by atoms with Gasteiger partial charge in [0.1, 0.15) is 5.56 Å². The molecular weight excluding hydrogens is 314 g/mol. The number of aromatic nitrogens is 2. The maximum Gasteiger partial charge on any atom is 0.271 e. The first-order valence-corrected chi connectivity index (χ1v) is 7.93. The topological polar surface area (TPSA) is 83.7 Å². The van der Waals surface area contributed by atoms with Gasteiger partial charge in [0, 0.05) is 23.8 Å². The summed E-state index contributed by atoms with van der Waals surface area (Å²) >= 11 is 1.34. The predicted octanol–water partition coefficient (Wildman–Crippen LogP) is 1.53. The Morgan fingerprint density at radius 2 is 2.13 bits per heavy atom. The molecular formula is C16H15N3O3S. The van der Waals surface area contributed by atoms with Gasteiger partial charge in [0.15, 0.2) is 4.96 Å². The summed E-state index contributed by atoms with van der Waals surface area (Å²) in [4.78, 5) is 29.3. The van der Waals surface area contributed by atoms with E-state index in [0.717, 1.165) is 5.69 Å². The van der Waals surface area contributed by atoms with Crippen molar-refractivity contribution in [1.82, 2.24) is 14.7 Å². The number of hydrogen-bond acceptors (Lipinski definition) is 5. The van der Waals surface area contributed by atoms with Crippen LogP contribution in [0.25, 0.3) is 4.96 Å². The Morgan fingerprint density at radius 3 is 2.87 bits per heavy atom. The third-order valence-electron chi connectivity index (χ3n) is 3.50. The predicted molar refractivity (Wildman–Crippen MR) is 87.8 cm³/mol. The van der Waals surface area contributed by atoms with Crippen molar-refractivity contribution < 1.29 is 9.90 Å². The summed E-state index contributed by atoms with van der Waals surface area (Å²) in [6.45, 7) is 1.81. The number of fused-ring (bicyclic) bond motifs is 1. The number of nitrogens with one attached hydrogen (secondary N) is 1. The normalized spacial score (nSPS) is 12.3. The zero-order valence-electron chi connectivity index (χ0n) is 12.4.